The van der Waals surface area contributed by atoms with Crippen molar-refractivity contribution in [3.05, 3.63) is 53.6 Å². The van der Waals surface area contributed by atoms with E-state index in [0.717, 1.165) is 42.9 Å². The molecule has 6 heteroatoms. The Balaban J connectivity index is 1.37. The number of carbonyl (C=O) groups is 1. The topological polar surface area (TPSA) is 83.4 Å². The first kappa shape index (κ1) is 22.0. The average molecular weight is 434 g/mol. The Morgan fingerprint density at radius 1 is 1.12 bits per heavy atom. The summed E-state index contributed by atoms with van der Waals surface area (Å²) in [4.78, 5) is 12.5. The lowest BCUT2D eigenvalue weighted by Crippen LogP contribution is -2.41. The van der Waals surface area contributed by atoms with Crippen LogP contribution in [0.2, 0.25) is 0 Å². The number of carbonyl (C=O) groups excluding carboxylic acids is 1. The maximum atomic E-state index is 12.5. The smallest absolute Gasteiger partial charge is 0.223 e. The van der Waals surface area contributed by atoms with E-state index >= 15 is 0 Å². The van der Waals surface area contributed by atoms with Crippen LogP contribution in [0.15, 0.2) is 42.5 Å². The van der Waals surface area contributed by atoms with Crippen LogP contribution in [-0.2, 0) is 4.79 Å². The fraction of sp³-hybridized carbons (Fsp3) is 0.462. The highest BCUT2D eigenvalue weighted by molar-refractivity contribution is 5.79. The Morgan fingerprint density at radius 3 is 2.62 bits per heavy atom. The van der Waals surface area contributed by atoms with E-state index in [0.29, 0.717) is 18.7 Å². The number of anilines is 1. The lowest BCUT2D eigenvalue weighted by Gasteiger charge is -2.30. The summed E-state index contributed by atoms with van der Waals surface area (Å²) in [7, 11) is 1.67. The zero-order valence-corrected chi connectivity index (χ0v) is 18.6. The van der Waals surface area contributed by atoms with Gasteiger partial charge in [-0.05, 0) is 80.5 Å². The molecule has 2 aliphatic rings. The van der Waals surface area contributed by atoms with E-state index in [1.807, 2.05) is 18.2 Å². The van der Waals surface area contributed by atoms with Crippen LogP contribution < -0.4 is 20.1 Å². The number of amides is 1. The Morgan fingerprint density at radius 2 is 1.91 bits per heavy atom. The molecule has 2 N–H and O–H groups in total. The number of ether oxygens (including phenoxy) is 2. The highest BCUT2D eigenvalue weighted by Gasteiger charge is 2.30. The number of methoxy groups -OCH3 is 1. The van der Waals surface area contributed by atoms with E-state index < -0.39 is 0 Å². The summed E-state index contributed by atoms with van der Waals surface area (Å²) in [6.45, 7) is 1.35. The molecule has 0 aromatic heterocycles. The number of benzene rings is 2. The van der Waals surface area contributed by atoms with E-state index in [-0.39, 0.29) is 23.8 Å². The second-order valence-electron chi connectivity index (χ2n) is 8.71. The van der Waals surface area contributed by atoms with Crippen molar-refractivity contribution in [1.29, 1.82) is 5.26 Å². The van der Waals surface area contributed by atoms with Crippen LogP contribution in [0, 0.1) is 17.2 Å². The molecule has 1 aliphatic heterocycles. The number of rotatable bonds is 8. The monoisotopic (exact) mass is 433 g/mol. The Hall–Kier alpha value is -3.20. The Kier molecular flexibility index (Phi) is 7.16. The van der Waals surface area contributed by atoms with Crippen molar-refractivity contribution >= 4 is 11.6 Å². The normalized spacial score (nSPS) is 20.9. The van der Waals surface area contributed by atoms with Crippen LogP contribution in [0.25, 0.3) is 0 Å². The molecule has 2 aromatic carbocycles. The van der Waals surface area contributed by atoms with Gasteiger partial charge in [-0.15, -0.1) is 0 Å². The minimum absolute atomic E-state index is 0.0408. The van der Waals surface area contributed by atoms with Gasteiger partial charge in [0.15, 0.2) is 11.5 Å². The molecule has 1 saturated carbocycles. The summed E-state index contributed by atoms with van der Waals surface area (Å²) in [5, 5.41) is 15.4. The molecule has 4 rings (SSSR count). The van der Waals surface area contributed by atoms with Crippen molar-refractivity contribution < 1.29 is 14.3 Å². The van der Waals surface area contributed by atoms with Crippen LogP contribution in [-0.4, -0.2) is 32.2 Å². The van der Waals surface area contributed by atoms with Gasteiger partial charge in [0.25, 0.3) is 0 Å². The van der Waals surface area contributed by atoms with Crippen molar-refractivity contribution in [3.63, 3.8) is 0 Å². The molecule has 2 unspecified atom stereocenters. The number of piperidine rings is 1. The number of nitrogens with one attached hydrogen (secondary N) is 2. The number of nitrogens with zero attached hydrogens (tertiary/aromatic N) is 1. The summed E-state index contributed by atoms with van der Waals surface area (Å²) in [6.07, 6.45) is 6.48. The van der Waals surface area contributed by atoms with E-state index in [2.05, 4.69) is 28.8 Å². The predicted molar refractivity (Wildman–Crippen MR) is 124 cm³/mol. The van der Waals surface area contributed by atoms with E-state index in [1.54, 1.807) is 19.2 Å². The van der Waals surface area contributed by atoms with Gasteiger partial charge in [-0.25, -0.2) is 0 Å². The molecule has 32 heavy (non-hydrogen) atoms. The third-order valence-corrected chi connectivity index (χ3v) is 6.55. The molecule has 0 spiro atoms. The van der Waals surface area contributed by atoms with Crippen LogP contribution in [0.5, 0.6) is 11.5 Å². The largest absolute Gasteiger partial charge is 0.493 e. The molecule has 6 nitrogen and oxygen atoms in total. The van der Waals surface area contributed by atoms with E-state index in [9.17, 15) is 4.79 Å². The fourth-order valence-corrected chi connectivity index (χ4v) is 4.68. The maximum Gasteiger partial charge on any atom is 0.223 e. The molecule has 2 fully saturated rings. The number of hydrogen-bond acceptors (Lipinski definition) is 5. The second-order valence-corrected chi connectivity index (χ2v) is 8.71. The first-order chi connectivity index (χ1) is 15.7. The lowest BCUT2D eigenvalue weighted by atomic mass is 9.83. The molecule has 2 aromatic rings. The van der Waals surface area contributed by atoms with Gasteiger partial charge < -0.3 is 20.1 Å². The van der Waals surface area contributed by atoms with E-state index in [1.165, 1.54) is 18.4 Å². The summed E-state index contributed by atoms with van der Waals surface area (Å²) in [6, 6.07) is 15.7. The zero-order chi connectivity index (χ0) is 22.3. The first-order valence-corrected chi connectivity index (χ1v) is 11.5. The predicted octanol–water partition coefficient (Wildman–Crippen LogP) is 4.61. The second kappa shape index (κ2) is 10.4. The van der Waals surface area contributed by atoms with Crippen LogP contribution in [0.1, 0.15) is 55.6 Å². The van der Waals surface area contributed by atoms with Gasteiger partial charge in [-0.3, -0.25) is 4.79 Å². The quantitative estimate of drug-likeness (QED) is 0.635. The van der Waals surface area contributed by atoms with Gasteiger partial charge in [0, 0.05) is 30.6 Å². The molecular weight excluding hydrogens is 402 g/mol. The molecule has 1 aliphatic carbocycles. The Labute approximate surface area is 189 Å². The van der Waals surface area contributed by atoms with Crippen LogP contribution in [0.4, 0.5) is 5.69 Å². The minimum atomic E-state index is -0.0408. The zero-order valence-electron chi connectivity index (χ0n) is 18.6. The summed E-state index contributed by atoms with van der Waals surface area (Å²) >= 11 is 0. The van der Waals surface area contributed by atoms with Crippen molar-refractivity contribution in [2.24, 2.45) is 5.92 Å². The third-order valence-electron chi connectivity index (χ3n) is 6.55. The molecule has 1 heterocycles. The van der Waals surface area contributed by atoms with Gasteiger partial charge in [0.1, 0.15) is 0 Å². The summed E-state index contributed by atoms with van der Waals surface area (Å²) < 4.78 is 11.8. The lowest BCUT2D eigenvalue weighted by molar-refractivity contribution is -0.127. The SMILES string of the molecule is COc1ccc(C2CNC(=O)C(CCNc3ccc(C#N)cc3)C2)cc1OC1CCCC1. The van der Waals surface area contributed by atoms with Gasteiger partial charge in [0.2, 0.25) is 5.91 Å². The maximum absolute atomic E-state index is 12.5. The first-order valence-electron chi connectivity index (χ1n) is 11.5. The molecular formula is C26H31N3O3. The fourth-order valence-electron chi connectivity index (χ4n) is 4.68. The standard InChI is InChI=1S/C26H31N3O3/c1-31-24-11-8-19(15-25(24)32-23-4-2-3-5-23)21-14-20(26(30)29-17-21)12-13-28-22-9-6-18(16-27)7-10-22/h6-11,15,20-21,23,28H,2-5,12-14,17H2,1H3,(H,29,30). The van der Waals surface area contributed by atoms with Gasteiger partial charge in [-0.1, -0.05) is 6.07 Å². The highest BCUT2D eigenvalue weighted by atomic mass is 16.5. The van der Waals surface area contributed by atoms with Crippen LogP contribution >= 0.6 is 0 Å². The van der Waals surface area contributed by atoms with Gasteiger partial charge in [0.05, 0.1) is 24.8 Å². The summed E-state index contributed by atoms with van der Waals surface area (Å²) in [5.74, 6) is 1.92. The molecule has 168 valence electrons. The molecule has 0 bridgehead atoms. The number of nitriles is 1. The number of hydrogen-bond donors (Lipinski definition) is 2. The molecule has 1 saturated heterocycles. The minimum Gasteiger partial charge on any atom is -0.493 e. The average Bonchev–Trinajstić information content (AvgIpc) is 3.34. The molecule has 2 atom stereocenters. The van der Waals surface area contributed by atoms with Crippen molar-refractivity contribution in [1.82, 2.24) is 5.32 Å². The highest BCUT2D eigenvalue weighted by Crippen LogP contribution is 2.37. The van der Waals surface area contributed by atoms with Crippen molar-refractivity contribution in [2.45, 2.75) is 50.5 Å². The van der Waals surface area contributed by atoms with Gasteiger partial charge in [-0.2, -0.15) is 5.26 Å². The van der Waals surface area contributed by atoms with Crippen molar-refractivity contribution in [3.8, 4) is 17.6 Å². The van der Waals surface area contributed by atoms with Crippen LogP contribution in [0.3, 0.4) is 0 Å². The molecule has 1 amide bonds. The third kappa shape index (κ3) is 5.34. The van der Waals surface area contributed by atoms with Crippen molar-refractivity contribution in [2.75, 3.05) is 25.5 Å². The van der Waals surface area contributed by atoms with E-state index in [4.69, 9.17) is 14.7 Å². The summed E-state index contributed by atoms with van der Waals surface area (Å²) in [5.41, 5.74) is 2.78. The Bertz CT molecular complexity index is 961. The van der Waals surface area contributed by atoms with Gasteiger partial charge >= 0.3 is 0 Å². The molecule has 0 radical (unpaired) electrons.